The Morgan fingerprint density at radius 3 is 2.76 bits per heavy atom. The van der Waals surface area contributed by atoms with E-state index >= 15 is 0 Å². The molecule has 0 aliphatic carbocycles. The molecule has 0 saturated heterocycles. The van der Waals surface area contributed by atoms with E-state index in [0.29, 0.717) is 17.9 Å². The summed E-state index contributed by atoms with van der Waals surface area (Å²) in [6.45, 7) is 1.94. The second-order valence-corrected chi connectivity index (χ2v) is 5.60. The summed E-state index contributed by atoms with van der Waals surface area (Å²) in [4.78, 5) is 0. The van der Waals surface area contributed by atoms with Crippen LogP contribution in [0.5, 0.6) is 11.5 Å². The molecular weight excluding hydrogens is 244 g/mol. The maximum atomic E-state index is 11.0. The molecule has 0 N–H and O–H groups in total. The number of benzene rings is 1. The van der Waals surface area contributed by atoms with Gasteiger partial charge in [-0.15, -0.1) is 0 Å². The molecular formula is C11H14O5S. The molecule has 1 aliphatic heterocycles. The maximum Gasteiger partial charge on any atom is 0.264 e. The van der Waals surface area contributed by atoms with Crippen LogP contribution in [-0.4, -0.2) is 27.6 Å². The minimum atomic E-state index is -3.41. The molecule has 0 bridgehead atoms. The summed E-state index contributed by atoms with van der Waals surface area (Å²) < 4.78 is 37.2. The van der Waals surface area contributed by atoms with Crippen molar-refractivity contribution >= 4 is 10.1 Å². The lowest BCUT2D eigenvalue weighted by atomic mass is 10.1. The van der Waals surface area contributed by atoms with Crippen molar-refractivity contribution in [2.45, 2.75) is 19.4 Å². The van der Waals surface area contributed by atoms with Crippen LogP contribution in [0.2, 0.25) is 0 Å². The Balaban J connectivity index is 2.04. The summed E-state index contributed by atoms with van der Waals surface area (Å²) in [6, 6.07) is 5.52. The molecule has 0 fully saturated rings. The SMILES string of the molecule is CC(Cc1ccc2c(c1)OCO2)OS(C)(=O)=O. The van der Waals surface area contributed by atoms with Crippen molar-refractivity contribution in [3.8, 4) is 11.5 Å². The third kappa shape index (κ3) is 3.34. The molecule has 0 radical (unpaired) electrons. The Kier molecular flexibility index (Phi) is 3.26. The van der Waals surface area contributed by atoms with Crippen molar-refractivity contribution < 1.29 is 22.1 Å². The average Bonchev–Trinajstić information content (AvgIpc) is 2.61. The zero-order chi connectivity index (χ0) is 12.5. The molecule has 1 aromatic carbocycles. The number of ether oxygens (including phenoxy) is 2. The fourth-order valence-electron chi connectivity index (χ4n) is 1.73. The maximum absolute atomic E-state index is 11.0. The van der Waals surface area contributed by atoms with Gasteiger partial charge in [-0.1, -0.05) is 6.07 Å². The van der Waals surface area contributed by atoms with Crippen LogP contribution in [0.25, 0.3) is 0 Å². The van der Waals surface area contributed by atoms with Gasteiger partial charge in [0, 0.05) is 0 Å². The van der Waals surface area contributed by atoms with Crippen LogP contribution in [0, 0.1) is 0 Å². The molecule has 6 heteroatoms. The minimum Gasteiger partial charge on any atom is -0.454 e. The molecule has 0 aromatic heterocycles. The van der Waals surface area contributed by atoms with Crippen LogP contribution < -0.4 is 9.47 Å². The minimum absolute atomic E-state index is 0.230. The lowest BCUT2D eigenvalue weighted by molar-refractivity contribution is 0.174. The standard InChI is InChI=1S/C11H14O5S/c1-8(16-17(2,12)13)5-9-3-4-10-11(6-9)15-7-14-10/h3-4,6,8H,5,7H2,1-2H3. The Labute approximate surface area is 100 Å². The highest BCUT2D eigenvalue weighted by molar-refractivity contribution is 7.86. The Hall–Kier alpha value is -1.27. The van der Waals surface area contributed by atoms with Gasteiger partial charge in [-0.05, 0) is 31.0 Å². The van der Waals surface area contributed by atoms with E-state index in [1.54, 1.807) is 6.92 Å². The monoisotopic (exact) mass is 258 g/mol. The first-order valence-electron chi connectivity index (χ1n) is 5.21. The topological polar surface area (TPSA) is 61.8 Å². The summed E-state index contributed by atoms with van der Waals surface area (Å²) in [5.41, 5.74) is 0.949. The fourth-order valence-corrected chi connectivity index (χ4v) is 2.40. The second kappa shape index (κ2) is 4.54. The van der Waals surface area contributed by atoms with Gasteiger partial charge in [-0.25, -0.2) is 0 Å². The zero-order valence-electron chi connectivity index (χ0n) is 9.67. The van der Waals surface area contributed by atoms with Crippen LogP contribution in [0.4, 0.5) is 0 Å². The predicted molar refractivity (Wildman–Crippen MR) is 61.7 cm³/mol. The first-order chi connectivity index (χ1) is 7.94. The van der Waals surface area contributed by atoms with Crippen molar-refractivity contribution in [3.05, 3.63) is 23.8 Å². The van der Waals surface area contributed by atoms with E-state index in [4.69, 9.17) is 13.7 Å². The normalized spacial score (nSPS) is 15.9. The molecule has 1 aliphatic rings. The Bertz CT molecular complexity index is 509. The first kappa shape index (κ1) is 12.2. The lowest BCUT2D eigenvalue weighted by Crippen LogP contribution is -2.16. The van der Waals surface area contributed by atoms with E-state index in [0.717, 1.165) is 11.8 Å². The smallest absolute Gasteiger partial charge is 0.264 e. The van der Waals surface area contributed by atoms with Crippen molar-refractivity contribution in [2.24, 2.45) is 0 Å². The molecule has 94 valence electrons. The van der Waals surface area contributed by atoms with Crippen molar-refractivity contribution in [2.75, 3.05) is 13.0 Å². The second-order valence-electron chi connectivity index (χ2n) is 4.00. The zero-order valence-corrected chi connectivity index (χ0v) is 10.5. The van der Waals surface area contributed by atoms with Crippen LogP contribution in [0.3, 0.4) is 0 Å². The van der Waals surface area contributed by atoms with Gasteiger partial charge in [-0.2, -0.15) is 8.42 Å². The van der Waals surface area contributed by atoms with Crippen LogP contribution >= 0.6 is 0 Å². The van der Waals surface area contributed by atoms with Crippen LogP contribution in [0.1, 0.15) is 12.5 Å². The van der Waals surface area contributed by atoms with E-state index in [2.05, 4.69) is 0 Å². The average molecular weight is 258 g/mol. The number of hydrogen-bond donors (Lipinski definition) is 0. The van der Waals surface area contributed by atoms with E-state index in [-0.39, 0.29) is 6.79 Å². The van der Waals surface area contributed by atoms with Gasteiger partial charge >= 0.3 is 0 Å². The molecule has 1 aromatic rings. The summed E-state index contributed by atoms with van der Waals surface area (Å²) in [6.07, 6.45) is 1.15. The number of fused-ring (bicyclic) bond motifs is 1. The molecule has 1 heterocycles. The molecule has 17 heavy (non-hydrogen) atoms. The van der Waals surface area contributed by atoms with Gasteiger partial charge in [0.05, 0.1) is 12.4 Å². The van der Waals surface area contributed by atoms with Gasteiger partial charge in [-0.3, -0.25) is 4.18 Å². The van der Waals surface area contributed by atoms with E-state index in [1.807, 2.05) is 18.2 Å². The third-order valence-electron chi connectivity index (χ3n) is 2.30. The molecule has 1 atom stereocenters. The van der Waals surface area contributed by atoms with E-state index in [1.165, 1.54) is 0 Å². The fraction of sp³-hybridized carbons (Fsp3) is 0.455. The van der Waals surface area contributed by atoms with Crippen molar-refractivity contribution in [3.63, 3.8) is 0 Å². The summed E-state index contributed by atoms with van der Waals surface area (Å²) in [7, 11) is -3.41. The highest BCUT2D eigenvalue weighted by Crippen LogP contribution is 2.32. The van der Waals surface area contributed by atoms with Crippen LogP contribution in [0.15, 0.2) is 18.2 Å². The van der Waals surface area contributed by atoms with Gasteiger partial charge in [0.2, 0.25) is 6.79 Å². The summed E-state index contributed by atoms with van der Waals surface area (Å²) in [5.74, 6) is 1.40. The number of hydrogen-bond acceptors (Lipinski definition) is 5. The predicted octanol–water partition coefficient (Wildman–Crippen LogP) is 1.32. The lowest BCUT2D eigenvalue weighted by Gasteiger charge is -2.11. The highest BCUT2D eigenvalue weighted by Gasteiger charge is 2.16. The van der Waals surface area contributed by atoms with Gasteiger partial charge < -0.3 is 9.47 Å². The van der Waals surface area contributed by atoms with E-state index in [9.17, 15) is 8.42 Å². The van der Waals surface area contributed by atoms with E-state index < -0.39 is 16.2 Å². The number of rotatable bonds is 4. The molecule has 1 unspecified atom stereocenters. The molecule has 5 nitrogen and oxygen atoms in total. The molecule has 0 spiro atoms. The Morgan fingerprint density at radius 2 is 2.06 bits per heavy atom. The van der Waals surface area contributed by atoms with Crippen LogP contribution in [-0.2, 0) is 20.7 Å². The molecule has 0 amide bonds. The van der Waals surface area contributed by atoms with Crippen molar-refractivity contribution in [1.29, 1.82) is 0 Å². The highest BCUT2D eigenvalue weighted by atomic mass is 32.2. The van der Waals surface area contributed by atoms with Gasteiger partial charge in [0.15, 0.2) is 11.5 Å². The summed E-state index contributed by atoms with van der Waals surface area (Å²) >= 11 is 0. The molecule has 0 saturated carbocycles. The molecule has 2 rings (SSSR count). The first-order valence-corrected chi connectivity index (χ1v) is 7.02. The van der Waals surface area contributed by atoms with Crippen molar-refractivity contribution in [1.82, 2.24) is 0 Å². The quantitative estimate of drug-likeness (QED) is 0.762. The van der Waals surface area contributed by atoms with Gasteiger partial charge in [0.25, 0.3) is 10.1 Å². The Morgan fingerprint density at radius 1 is 1.35 bits per heavy atom. The van der Waals surface area contributed by atoms with Gasteiger partial charge in [0.1, 0.15) is 0 Å². The summed E-state index contributed by atoms with van der Waals surface area (Å²) in [5, 5.41) is 0. The largest absolute Gasteiger partial charge is 0.454 e. The third-order valence-corrected chi connectivity index (χ3v) is 2.98.